The van der Waals surface area contributed by atoms with Crippen LogP contribution in [-0.4, -0.2) is 16.2 Å². The van der Waals surface area contributed by atoms with E-state index in [2.05, 4.69) is 168 Å². The van der Waals surface area contributed by atoms with E-state index in [-0.39, 0.29) is 12.1 Å². The highest BCUT2D eigenvalue weighted by Gasteiger charge is 2.26. The van der Waals surface area contributed by atoms with Gasteiger partial charge in [0, 0.05) is 61.1 Å². The lowest BCUT2D eigenvalue weighted by molar-refractivity contribution is 0.641. The van der Waals surface area contributed by atoms with Crippen LogP contribution in [0.5, 0.6) is 0 Å². The summed E-state index contributed by atoms with van der Waals surface area (Å²) >= 11 is 0. The Bertz CT molecular complexity index is 3320. The molecule has 4 heterocycles. The van der Waals surface area contributed by atoms with Crippen LogP contribution in [0.3, 0.4) is 0 Å². The lowest BCUT2D eigenvalue weighted by Gasteiger charge is -2.27. The second-order valence-electron chi connectivity index (χ2n) is 14.9. The maximum absolute atomic E-state index is 6.74. The van der Waals surface area contributed by atoms with E-state index in [1.165, 1.54) is 21.8 Å². The standard InChI is InChI=1S/C51H34N4O2/c1-3-13-31(14-4-1)49-52-50(32-15-5-2-6-16-32)54-51(53-49)33-25-28-44-41(29-33)39-21-11-20-38(48(39)57-44)37-19-12-24-45-47(37)40-27-26-34(30-46(40)56-45)55-42-22-9-7-17-35(42)36-18-8-10-23-43(36)55/h1-15,17-30,32,51H,16H2,(H,52,53,54). The quantitative estimate of drug-likeness (QED) is 0.191. The Balaban J connectivity index is 0.968. The summed E-state index contributed by atoms with van der Waals surface area (Å²) in [6.45, 7) is 0. The second-order valence-corrected chi connectivity index (χ2v) is 14.9. The van der Waals surface area contributed by atoms with E-state index in [1.54, 1.807) is 0 Å². The summed E-state index contributed by atoms with van der Waals surface area (Å²) in [5, 5.41) is 10.4. The van der Waals surface area contributed by atoms with Crippen LogP contribution in [-0.2, 0) is 0 Å². The molecule has 0 amide bonds. The average molecular weight is 735 g/mol. The Morgan fingerprint density at radius 1 is 0.579 bits per heavy atom. The van der Waals surface area contributed by atoms with Gasteiger partial charge in [0.25, 0.3) is 0 Å². The number of para-hydroxylation sites is 3. The molecule has 12 rings (SSSR count). The van der Waals surface area contributed by atoms with Gasteiger partial charge in [-0.25, -0.2) is 9.98 Å². The topological polar surface area (TPSA) is 68.0 Å². The van der Waals surface area contributed by atoms with Gasteiger partial charge in [-0.3, -0.25) is 0 Å². The van der Waals surface area contributed by atoms with Crippen molar-refractivity contribution in [1.29, 1.82) is 0 Å². The summed E-state index contributed by atoms with van der Waals surface area (Å²) in [7, 11) is 0. The number of allylic oxidation sites excluding steroid dienone is 3. The molecule has 0 spiro atoms. The summed E-state index contributed by atoms with van der Waals surface area (Å²) < 4.78 is 15.7. The summed E-state index contributed by atoms with van der Waals surface area (Å²) in [5.74, 6) is 1.82. The highest BCUT2D eigenvalue weighted by Crippen LogP contribution is 2.43. The van der Waals surface area contributed by atoms with Gasteiger partial charge in [0.05, 0.1) is 11.0 Å². The van der Waals surface area contributed by atoms with Gasteiger partial charge in [0.1, 0.15) is 34.3 Å². The molecule has 2 aliphatic rings. The Hall–Kier alpha value is -7.44. The molecule has 1 aliphatic heterocycles. The predicted molar refractivity (Wildman–Crippen MR) is 233 cm³/mol. The number of benzene rings is 7. The molecule has 0 radical (unpaired) electrons. The third-order valence-corrected chi connectivity index (χ3v) is 11.6. The average Bonchev–Trinajstić information content (AvgIpc) is 3.96. The zero-order valence-corrected chi connectivity index (χ0v) is 30.8. The van der Waals surface area contributed by atoms with Gasteiger partial charge in [0.15, 0.2) is 5.84 Å². The van der Waals surface area contributed by atoms with Gasteiger partial charge >= 0.3 is 0 Å². The van der Waals surface area contributed by atoms with Crippen molar-refractivity contribution in [3.63, 3.8) is 0 Å². The minimum atomic E-state index is -0.303. The van der Waals surface area contributed by atoms with Crippen LogP contribution in [0.1, 0.15) is 23.7 Å². The smallest absolute Gasteiger partial charge is 0.159 e. The van der Waals surface area contributed by atoms with Gasteiger partial charge in [0.2, 0.25) is 0 Å². The van der Waals surface area contributed by atoms with E-state index in [4.69, 9.17) is 18.8 Å². The van der Waals surface area contributed by atoms with Crippen molar-refractivity contribution >= 4 is 77.4 Å². The lowest BCUT2D eigenvalue weighted by atomic mass is 9.97. The Morgan fingerprint density at radius 2 is 1.35 bits per heavy atom. The van der Waals surface area contributed by atoms with Crippen LogP contribution in [0, 0.1) is 5.92 Å². The fourth-order valence-corrected chi connectivity index (χ4v) is 8.90. The van der Waals surface area contributed by atoms with Gasteiger partial charge in [-0.15, -0.1) is 0 Å². The number of nitrogens with one attached hydrogen (secondary N) is 1. The molecule has 10 aromatic rings. The fraction of sp³-hybridized carbons (Fsp3) is 0.0588. The van der Waals surface area contributed by atoms with E-state index in [0.29, 0.717) is 0 Å². The van der Waals surface area contributed by atoms with Gasteiger partial charge in [-0.05, 0) is 60.0 Å². The van der Waals surface area contributed by atoms with Gasteiger partial charge in [-0.1, -0.05) is 127 Å². The molecule has 1 N–H and O–H groups in total. The highest BCUT2D eigenvalue weighted by molar-refractivity contribution is 6.18. The normalized spacial score (nSPS) is 16.9. The van der Waals surface area contributed by atoms with Crippen LogP contribution in [0.4, 0.5) is 0 Å². The highest BCUT2D eigenvalue weighted by atomic mass is 16.3. The van der Waals surface area contributed by atoms with E-state index < -0.39 is 0 Å². The number of nitrogens with zero attached hydrogens (tertiary/aromatic N) is 3. The summed E-state index contributed by atoms with van der Waals surface area (Å²) in [5.41, 5.74) is 10.9. The molecule has 1 aliphatic carbocycles. The minimum absolute atomic E-state index is 0.162. The third-order valence-electron chi connectivity index (χ3n) is 11.6. The number of furan rings is 2. The van der Waals surface area contributed by atoms with Gasteiger partial charge in [-0.2, -0.15) is 0 Å². The van der Waals surface area contributed by atoms with Crippen molar-refractivity contribution < 1.29 is 8.83 Å². The molecule has 57 heavy (non-hydrogen) atoms. The van der Waals surface area contributed by atoms with Crippen molar-refractivity contribution in [3.05, 3.63) is 187 Å². The second kappa shape index (κ2) is 12.5. The van der Waals surface area contributed by atoms with Crippen molar-refractivity contribution in [2.24, 2.45) is 15.9 Å². The molecule has 6 heteroatoms. The SMILES string of the molecule is C1=CCC(C2=NC(c3ccccc3)=NC(c3ccc4oc5c(-c6cccc7oc8cc(-n9c%10ccccc%10c%10ccccc%109)ccc8c67)cccc5c4c3)N2)C=C1. The number of fused-ring (bicyclic) bond motifs is 9. The summed E-state index contributed by atoms with van der Waals surface area (Å²) in [6.07, 6.45) is 9.18. The number of aromatic nitrogens is 1. The predicted octanol–water partition coefficient (Wildman–Crippen LogP) is 12.8. The Kier molecular flexibility index (Phi) is 7.01. The molecule has 0 fully saturated rings. The molecule has 2 unspecified atom stereocenters. The first-order chi connectivity index (χ1) is 28.2. The lowest BCUT2D eigenvalue weighted by Crippen LogP contribution is -2.37. The summed E-state index contributed by atoms with van der Waals surface area (Å²) in [4.78, 5) is 10.2. The Morgan fingerprint density at radius 3 is 2.18 bits per heavy atom. The first kappa shape index (κ1) is 31.9. The van der Waals surface area contributed by atoms with Crippen molar-refractivity contribution in [2.45, 2.75) is 12.6 Å². The monoisotopic (exact) mass is 734 g/mol. The number of amidine groups is 2. The first-order valence-corrected chi connectivity index (χ1v) is 19.5. The number of hydrogen-bond donors (Lipinski definition) is 1. The molecule has 0 saturated carbocycles. The van der Waals surface area contributed by atoms with E-state index in [9.17, 15) is 0 Å². The Labute approximate surface area is 327 Å². The number of hydrogen-bond acceptors (Lipinski definition) is 5. The van der Waals surface area contributed by atoms with E-state index in [1.807, 2.05) is 18.2 Å². The van der Waals surface area contributed by atoms with Gasteiger partial charge < -0.3 is 18.7 Å². The largest absolute Gasteiger partial charge is 0.456 e. The number of aliphatic imine (C=N–C) groups is 2. The molecular formula is C51H34N4O2. The maximum atomic E-state index is 6.74. The molecule has 7 aromatic carbocycles. The summed E-state index contributed by atoms with van der Waals surface area (Å²) in [6, 6.07) is 53.1. The molecular weight excluding hydrogens is 701 g/mol. The van der Waals surface area contributed by atoms with E-state index >= 15 is 0 Å². The molecule has 3 aromatic heterocycles. The molecule has 6 nitrogen and oxygen atoms in total. The van der Waals surface area contributed by atoms with Crippen molar-refractivity contribution in [3.8, 4) is 16.8 Å². The van der Waals surface area contributed by atoms with Crippen LogP contribution in [0.15, 0.2) is 195 Å². The van der Waals surface area contributed by atoms with Crippen molar-refractivity contribution in [2.75, 3.05) is 0 Å². The molecule has 0 bridgehead atoms. The van der Waals surface area contributed by atoms with Crippen molar-refractivity contribution in [1.82, 2.24) is 9.88 Å². The van der Waals surface area contributed by atoms with Crippen LogP contribution in [0.2, 0.25) is 0 Å². The zero-order valence-electron chi connectivity index (χ0n) is 30.8. The minimum Gasteiger partial charge on any atom is -0.456 e. The molecule has 0 saturated heterocycles. The molecule has 270 valence electrons. The van der Waals surface area contributed by atoms with Crippen LogP contribution >= 0.6 is 0 Å². The first-order valence-electron chi connectivity index (χ1n) is 19.5. The van der Waals surface area contributed by atoms with Crippen LogP contribution in [0.25, 0.3) is 82.5 Å². The van der Waals surface area contributed by atoms with E-state index in [0.717, 1.165) is 89.9 Å². The number of rotatable bonds is 5. The third kappa shape index (κ3) is 5.04. The zero-order chi connectivity index (χ0) is 37.5. The fourth-order valence-electron chi connectivity index (χ4n) is 8.90. The maximum Gasteiger partial charge on any atom is 0.159 e. The van der Waals surface area contributed by atoms with Crippen LogP contribution < -0.4 is 5.32 Å². The molecule has 2 atom stereocenters.